The molecule has 92 valence electrons. The van der Waals surface area contributed by atoms with E-state index in [9.17, 15) is 9.59 Å². The summed E-state index contributed by atoms with van der Waals surface area (Å²) >= 11 is 1.37. The predicted molar refractivity (Wildman–Crippen MR) is 63.0 cm³/mol. The summed E-state index contributed by atoms with van der Waals surface area (Å²) < 4.78 is 0. The Labute approximate surface area is 99.4 Å². The molecule has 16 heavy (non-hydrogen) atoms. The van der Waals surface area contributed by atoms with Gasteiger partial charge in [-0.25, -0.2) is 0 Å². The highest BCUT2D eigenvalue weighted by Crippen LogP contribution is 2.18. The molecule has 1 atom stereocenters. The molecular formula is C10H18N2O3S. The Morgan fingerprint density at radius 1 is 1.50 bits per heavy atom. The van der Waals surface area contributed by atoms with E-state index in [0.29, 0.717) is 12.2 Å². The molecule has 2 amide bonds. The summed E-state index contributed by atoms with van der Waals surface area (Å²) in [6.45, 7) is 0.782. The van der Waals surface area contributed by atoms with E-state index >= 15 is 0 Å². The van der Waals surface area contributed by atoms with Gasteiger partial charge >= 0.3 is 0 Å². The zero-order valence-corrected chi connectivity index (χ0v) is 10.0. The van der Waals surface area contributed by atoms with Crippen LogP contribution in [0, 0.1) is 0 Å². The number of carbonyl (C=O) groups is 2. The molecule has 0 aromatic heterocycles. The summed E-state index contributed by atoms with van der Waals surface area (Å²) in [4.78, 5) is 24.0. The molecule has 0 aromatic carbocycles. The molecule has 1 rings (SSSR count). The smallest absolute Gasteiger partial charge is 0.227 e. The van der Waals surface area contributed by atoms with Gasteiger partial charge in [0.15, 0.2) is 0 Å². The second-order valence-corrected chi connectivity index (χ2v) is 4.94. The molecule has 0 bridgehead atoms. The van der Waals surface area contributed by atoms with Crippen molar-refractivity contribution in [3.8, 4) is 0 Å². The van der Waals surface area contributed by atoms with Crippen LogP contribution in [0.3, 0.4) is 0 Å². The lowest BCUT2D eigenvalue weighted by Crippen LogP contribution is -2.37. The zero-order chi connectivity index (χ0) is 12.0. The highest BCUT2D eigenvalue weighted by molar-refractivity contribution is 7.99. The number of rotatable bonds is 6. The number of hydrogen-bond donors (Lipinski definition) is 2. The number of nitrogens with zero attached hydrogens (tertiary/aromatic N) is 1. The Bertz CT molecular complexity index is 260. The van der Waals surface area contributed by atoms with Crippen molar-refractivity contribution in [2.75, 3.05) is 24.7 Å². The monoisotopic (exact) mass is 246 g/mol. The van der Waals surface area contributed by atoms with E-state index in [-0.39, 0.29) is 30.2 Å². The zero-order valence-electron chi connectivity index (χ0n) is 9.22. The van der Waals surface area contributed by atoms with Crippen LogP contribution < -0.4 is 5.73 Å². The van der Waals surface area contributed by atoms with Crippen LogP contribution in [-0.2, 0) is 9.59 Å². The van der Waals surface area contributed by atoms with E-state index in [1.165, 1.54) is 11.8 Å². The maximum atomic E-state index is 11.7. The molecule has 6 heteroatoms. The first-order valence-corrected chi connectivity index (χ1v) is 6.57. The average Bonchev–Trinajstić information content (AvgIpc) is 2.71. The highest BCUT2D eigenvalue weighted by atomic mass is 32.2. The molecule has 1 aliphatic heterocycles. The van der Waals surface area contributed by atoms with Gasteiger partial charge in [0.05, 0.1) is 18.4 Å². The van der Waals surface area contributed by atoms with Crippen molar-refractivity contribution < 1.29 is 14.7 Å². The fourth-order valence-electron chi connectivity index (χ4n) is 1.83. The predicted octanol–water partition coefficient (Wildman–Crippen LogP) is -0.422. The van der Waals surface area contributed by atoms with Gasteiger partial charge in [-0.1, -0.05) is 0 Å². The second-order valence-electron chi connectivity index (χ2n) is 3.83. The normalized spacial score (nSPS) is 20.1. The van der Waals surface area contributed by atoms with Crippen LogP contribution in [0.2, 0.25) is 0 Å². The molecule has 0 aliphatic carbocycles. The third-order valence-electron chi connectivity index (χ3n) is 2.61. The maximum Gasteiger partial charge on any atom is 0.227 e. The highest BCUT2D eigenvalue weighted by Gasteiger charge is 2.27. The van der Waals surface area contributed by atoms with Gasteiger partial charge in [0.2, 0.25) is 11.8 Å². The molecular weight excluding hydrogens is 228 g/mol. The van der Waals surface area contributed by atoms with Crippen LogP contribution in [0.15, 0.2) is 0 Å². The van der Waals surface area contributed by atoms with Crippen LogP contribution in [-0.4, -0.2) is 52.5 Å². The largest absolute Gasteiger partial charge is 0.394 e. The van der Waals surface area contributed by atoms with E-state index in [2.05, 4.69) is 0 Å². The second kappa shape index (κ2) is 6.75. The number of hydrogen-bond acceptors (Lipinski definition) is 4. The number of aliphatic hydroxyl groups excluding tert-OH is 1. The van der Waals surface area contributed by atoms with E-state index in [1.807, 2.05) is 0 Å². The van der Waals surface area contributed by atoms with Crippen molar-refractivity contribution in [2.45, 2.75) is 25.3 Å². The number of likely N-dealkylation sites (tertiary alicyclic amines) is 1. The molecule has 0 saturated carbocycles. The first-order valence-electron chi connectivity index (χ1n) is 5.41. The van der Waals surface area contributed by atoms with Crippen LogP contribution >= 0.6 is 11.8 Å². The average molecular weight is 246 g/mol. The number of nitrogens with two attached hydrogens (primary N) is 1. The first kappa shape index (κ1) is 13.3. The van der Waals surface area contributed by atoms with E-state index in [4.69, 9.17) is 10.8 Å². The fourth-order valence-corrected chi connectivity index (χ4v) is 2.49. The van der Waals surface area contributed by atoms with Gasteiger partial charge in [0, 0.05) is 18.7 Å². The Morgan fingerprint density at radius 2 is 2.25 bits per heavy atom. The minimum absolute atomic E-state index is 0.00589. The number of carbonyl (C=O) groups excluding carboxylic acids is 2. The van der Waals surface area contributed by atoms with Gasteiger partial charge in [-0.3, -0.25) is 9.59 Å². The van der Waals surface area contributed by atoms with Crippen molar-refractivity contribution >= 4 is 23.6 Å². The Morgan fingerprint density at radius 3 is 2.88 bits per heavy atom. The number of amides is 2. The number of aliphatic hydroxyl groups is 1. The van der Waals surface area contributed by atoms with E-state index in [0.717, 1.165) is 19.4 Å². The maximum absolute atomic E-state index is 11.7. The van der Waals surface area contributed by atoms with E-state index < -0.39 is 0 Å². The van der Waals surface area contributed by atoms with Crippen LogP contribution in [0.4, 0.5) is 0 Å². The quantitative estimate of drug-likeness (QED) is 0.623. The molecule has 0 spiro atoms. The lowest BCUT2D eigenvalue weighted by atomic mass is 10.2. The SMILES string of the molecule is NC(=O)CSCCC(=O)N1CCC[C@H]1CO. The molecule has 0 unspecified atom stereocenters. The fraction of sp³-hybridized carbons (Fsp3) is 0.800. The van der Waals surface area contributed by atoms with Crippen LogP contribution in [0.25, 0.3) is 0 Å². The third kappa shape index (κ3) is 4.02. The molecule has 1 fully saturated rings. The molecule has 1 aliphatic rings. The van der Waals surface area contributed by atoms with Crippen molar-refractivity contribution in [1.82, 2.24) is 4.90 Å². The third-order valence-corrected chi connectivity index (χ3v) is 3.59. The topological polar surface area (TPSA) is 83.6 Å². The van der Waals surface area contributed by atoms with Gasteiger partial charge in [-0.15, -0.1) is 0 Å². The summed E-state index contributed by atoms with van der Waals surface area (Å²) in [5, 5.41) is 9.07. The Hall–Kier alpha value is -0.750. The summed E-state index contributed by atoms with van der Waals surface area (Å²) in [6, 6.07) is -0.00589. The van der Waals surface area contributed by atoms with Crippen molar-refractivity contribution in [2.24, 2.45) is 5.73 Å². The van der Waals surface area contributed by atoms with Gasteiger partial charge in [0.1, 0.15) is 0 Å². The van der Waals surface area contributed by atoms with Gasteiger partial charge in [-0.2, -0.15) is 11.8 Å². The summed E-state index contributed by atoms with van der Waals surface area (Å²) in [7, 11) is 0. The number of thioether (sulfide) groups is 1. The van der Waals surface area contributed by atoms with Gasteiger partial charge in [-0.05, 0) is 12.8 Å². The van der Waals surface area contributed by atoms with Crippen molar-refractivity contribution in [1.29, 1.82) is 0 Å². The summed E-state index contributed by atoms with van der Waals surface area (Å²) in [6.07, 6.45) is 2.26. The number of primary amides is 1. The Kier molecular flexibility index (Phi) is 5.62. The van der Waals surface area contributed by atoms with Gasteiger partial charge < -0.3 is 15.7 Å². The minimum atomic E-state index is -0.355. The van der Waals surface area contributed by atoms with E-state index in [1.54, 1.807) is 4.90 Å². The molecule has 5 nitrogen and oxygen atoms in total. The molecule has 3 N–H and O–H groups in total. The van der Waals surface area contributed by atoms with Crippen molar-refractivity contribution in [3.05, 3.63) is 0 Å². The molecule has 1 saturated heterocycles. The van der Waals surface area contributed by atoms with Gasteiger partial charge in [0.25, 0.3) is 0 Å². The summed E-state index contributed by atoms with van der Waals surface area (Å²) in [5.74, 6) is 0.577. The Balaban J connectivity index is 2.21. The van der Waals surface area contributed by atoms with Crippen LogP contribution in [0.1, 0.15) is 19.3 Å². The molecule has 0 radical (unpaired) electrons. The molecule has 1 heterocycles. The first-order chi connectivity index (χ1) is 7.65. The minimum Gasteiger partial charge on any atom is -0.394 e. The summed E-state index contributed by atoms with van der Waals surface area (Å²) in [5.41, 5.74) is 4.99. The molecule has 0 aromatic rings. The lowest BCUT2D eigenvalue weighted by Gasteiger charge is -2.22. The van der Waals surface area contributed by atoms with Crippen LogP contribution in [0.5, 0.6) is 0 Å². The van der Waals surface area contributed by atoms with Crippen molar-refractivity contribution in [3.63, 3.8) is 0 Å². The standard InChI is InChI=1S/C10H18N2O3S/c11-9(14)7-16-5-3-10(15)12-4-1-2-8(12)6-13/h8,13H,1-7H2,(H2,11,14)/t8-/m0/s1. The lowest BCUT2D eigenvalue weighted by molar-refractivity contribution is -0.132.